The molecule has 0 N–H and O–H groups in total. The predicted molar refractivity (Wildman–Crippen MR) is 34.6 cm³/mol. The summed E-state index contributed by atoms with van der Waals surface area (Å²) in [7, 11) is 0. The Labute approximate surface area is 51.3 Å². The van der Waals surface area contributed by atoms with Crippen LogP contribution in [0.15, 0.2) is 0 Å². The Bertz CT molecular complexity index is 94.2. The van der Waals surface area contributed by atoms with E-state index < -0.39 is 0 Å². The van der Waals surface area contributed by atoms with Crippen LogP contribution >= 0.6 is 0 Å². The van der Waals surface area contributed by atoms with Crippen LogP contribution in [0.4, 0.5) is 0 Å². The van der Waals surface area contributed by atoms with E-state index in [0.717, 1.165) is 17.8 Å². The highest BCUT2D eigenvalue weighted by molar-refractivity contribution is 4.87. The molecule has 0 heterocycles. The van der Waals surface area contributed by atoms with Crippen LogP contribution in [0.2, 0.25) is 0 Å². The normalized spacial score (nSPS) is 52.9. The maximum Gasteiger partial charge on any atom is -0.0386 e. The van der Waals surface area contributed by atoms with Crippen molar-refractivity contribution in [1.29, 1.82) is 0 Å². The second-order valence-corrected chi connectivity index (χ2v) is 3.65. The summed E-state index contributed by atoms with van der Waals surface area (Å²) < 4.78 is 0. The smallest absolute Gasteiger partial charge is 0.0386 e. The van der Waals surface area contributed by atoms with Crippen molar-refractivity contribution in [3.8, 4) is 0 Å². The van der Waals surface area contributed by atoms with Crippen molar-refractivity contribution in [2.75, 3.05) is 0 Å². The standard InChI is InChI=1S/C8H14/c1-6-4-7-2-3-8(6)5-7/h6-8H,2-5H2,1H3/t6-,7+,8+/m0/s1. The molecule has 3 atom stereocenters. The van der Waals surface area contributed by atoms with Gasteiger partial charge in [-0.3, -0.25) is 0 Å². The van der Waals surface area contributed by atoms with Gasteiger partial charge in [0.25, 0.3) is 0 Å². The molecule has 0 aliphatic heterocycles. The lowest BCUT2D eigenvalue weighted by Crippen LogP contribution is -2.04. The minimum atomic E-state index is 1.08. The minimum Gasteiger partial charge on any atom is -0.0622 e. The van der Waals surface area contributed by atoms with Gasteiger partial charge in [-0.05, 0) is 37.0 Å². The lowest BCUT2D eigenvalue weighted by atomic mass is 9.91. The summed E-state index contributed by atoms with van der Waals surface area (Å²) in [5.41, 5.74) is 0. The van der Waals surface area contributed by atoms with Crippen molar-refractivity contribution in [2.45, 2.75) is 32.6 Å². The molecule has 2 saturated carbocycles. The summed E-state index contributed by atoms with van der Waals surface area (Å²) in [6.45, 7) is 2.42. The van der Waals surface area contributed by atoms with Gasteiger partial charge >= 0.3 is 0 Å². The first-order valence-electron chi connectivity index (χ1n) is 3.86. The number of fused-ring (bicyclic) bond motifs is 2. The Morgan fingerprint density at radius 1 is 1.12 bits per heavy atom. The van der Waals surface area contributed by atoms with Crippen LogP contribution < -0.4 is 0 Å². The first-order chi connectivity index (χ1) is 3.86. The zero-order valence-corrected chi connectivity index (χ0v) is 5.56. The topological polar surface area (TPSA) is 0 Å². The van der Waals surface area contributed by atoms with E-state index in [0.29, 0.717) is 0 Å². The monoisotopic (exact) mass is 110 g/mol. The highest BCUT2D eigenvalue weighted by Gasteiger charge is 2.36. The van der Waals surface area contributed by atoms with Gasteiger partial charge in [0.15, 0.2) is 0 Å². The number of rotatable bonds is 0. The fourth-order valence-electron chi connectivity index (χ4n) is 2.56. The van der Waals surface area contributed by atoms with E-state index in [9.17, 15) is 0 Å². The van der Waals surface area contributed by atoms with Crippen molar-refractivity contribution < 1.29 is 0 Å². The van der Waals surface area contributed by atoms with Crippen LogP contribution in [0.1, 0.15) is 32.6 Å². The van der Waals surface area contributed by atoms with E-state index >= 15 is 0 Å². The van der Waals surface area contributed by atoms with Crippen LogP contribution in [0.5, 0.6) is 0 Å². The average Bonchev–Trinajstić information content (AvgIpc) is 2.23. The van der Waals surface area contributed by atoms with E-state index in [1.807, 2.05) is 0 Å². The van der Waals surface area contributed by atoms with Gasteiger partial charge in [0.1, 0.15) is 0 Å². The van der Waals surface area contributed by atoms with E-state index in [2.05, 4.69) is 6.92 Å². The van der Waals surface area contributed by atoms with Gasteiger partial charge in [-0.15, -0.1) is 0 Å². The van der Waals surface area contributed by atoms with Gasteiger partial charge in [0.05, 0.1) is 0 Å². The first-order valence-corrected chi connectivity index (χ1v) is 3.86. The van der Waals surface area contributed by atoms with Crippen molar-refractivity contribution in [2.24, 2.45) is 17.8 Å². The fraction of sp³-hybridized carbons (Fsp3) is 1.00. The van der Waals surface area contributed by atoms with Crippen molar-refractivity contribution in [1.82, 2.24) is 0 Å². The third kappa shape index (κ3) is 0.519. The summed E-state index contributed by atoms with van der Waals surface area (Å²) in [4.78, 5) is 0. The number of hydrogen-bond donors (Lipinski definition) is 0. The molecule has 2 bridgehead atoms. The van der Waals surface area contributed by atoms with Crippen LogP contribution in [-0.2, 0) is 0 Å². The van der Waals surface area contributed by atoms with Crippen LogP contribution in [0, 0.1) is 17.8 Å². The quantitative estimate of drug-likeness (QED) is 0.449. The van der Waals surface area contributed by atoms with Gasteiger partial charge in [0.2, 0.25) is 0 Å². The molecule has 0 nitrogen and oxygen atoms in total. The van der Waals surface area contributed by atoms with Crippen LogP contribution in [0.25, 0.3) is 0 Å². The molecule has 0 radical (unpaired) electrons. The third-order valence-corrected chi connectivity index (χ3v) is 3.09. The van der Waals surface area contributed by atoms with Crippen LogP contribution in [0.3, 0.4) is 0 Å². The van der Waals surface area contributed by atoms with Gasteiger partial charge in [-0.1, -0.05) is 13.3 Å². The van der Waals surface area contributed by atoms with E-state index in [4.69, 9.17) is 0 Å². The molecule has 2 rings (SSSR count). The van der Waals surface area contributed by atoms with Gasteiger partial charge in [-0.2, -0.15) is 0 Å². The molecule has 0 saturated heterocycles. The maximum absolute atomic E-state index is 2.42. The Morgan fingerprint density at radius 2 is 2.00 bits per heavy atom. The third-order valence-electron chi connectivity index (χ3n) is 3.09. The minimum absolute atomic E-state index is 1.08. The average molecular weight is 110 g/mol. The summed E-state index contributed by atoms with van der Waals surface area (Å²) >= 11 is 0. The molecule has 46 valence electrons. The highest BCUT2D eigenvalue weighted by Crippen LogP contribution is 2.47. The van der Waals surface area contributed by atoms with Gasteiger partial charge in [-0.25, -0.2) is 0 Å². The SMILES string of the molecule is C[C@H]1C[C@H]2CC[C@@H]1C2. The van der Waals surface area contributed by atoms with Crippen molar-refractivity contribution in [3.05, 3.63) is 0 Å². The molecule has 2 aliphatic carbocycles. The lowest BCUT2D eigenvalue weighted by molar-refractivity contribution is 0.360. The van der Waals surface area contributed by atoms with E-state index in [-0.39, 0.29) is 0 Å². The Hall–Kier alpha value is 0. The van der Waals surface area contributed by atoms with E-state index in [1.54, 1.807) is 25.7 Å². The number of hydrogen-bond acceptors (Lipinski definition) is 0. The summed E-state index contributed by atoms with van der Waals surface area (Å²) in [6, 6.07) is 0. The largest absolute Gasteiger partial charge is 0.0622 e. The Kier molecular flexibility index (Phi) is 0.902. The maximum atomic E-state index is 2.42. The molecule has 2 aliphatic rings. The van der Waals surface area contributed by atoms with E-state index in [1.165, 1.54) is 0 Å². The molecule has 0 aromatic carbocycles. The highest BCUT2D eigenvalue weighted by atomic mass is 14.4. The predicted octanol–water partition coefficient (Wildman–Crippen LogP) is 2.44. The van der Waals surface area contributed by atoms with Gasteiger partial charge < -0.3 is 0 Å². The molecule has 0 spiro atoms. The molecule has 0 heteroatoms. The molecular formula is C8H14. The molecule has 0 aromatic heterocycles. The molecule has 0 aromatic rings. The molecular weight excluding hydrogens is 96.1 g/mol. The summed E-state index contributed by atoms with van der Waals surface area (Å²) in [6.07, 6.45) is 6.21. The van der Waals surface area contributed by atoms with Crippen molar-refractivity contribution >= 4 is 0 Å². The molecule has 8 heavy (non-hydrogen) atoms. The summed E-state index contributed by atoms with van der Waals surface area (Å²) in [5.74, 6) is 3.36. The molecule has 2 fully saturated rings. The first kappa shape index (κ1) is 4.84. The zero-order chi connectivity index (χ0) is 5.56. The molecule has 0 unspecified atom stereocenters. The second-order valence-electron chi connectivity index (χ2n) is 3.65. The second kappa shape index (κ2) is 1.49. The molecule has 0 amide bonds. The lowest BCUT2D eigenvalue weighted by Gasteiger charge is -2.15. The summed E-state index contributed by atoms with van der Waals surface area (Å²) in [5, 5.41) is 0. The zero-order valence-electron chi connectivity index (χ0n) is 5.56. The Balaban J connectivity index is 2.11. The van der Waals surface area contributed by atoms with Gasteiger partial charge in [0, 0.05) is 0 Å². The fourth-order valence-corrected chi connectivity index (χ4v) is 2.56. The van der Waals surface area contributed by atoms with Crippen LogP contribution in [-0.4, -0.2) is 0 Å². The Morgan fingerprint density at radius 3 is 2.25 bits per heavy atom. The van der Waals surface area contributed by atoms with Crippen molar-refractivity contribution in [3.63, 3.8) is 0 Å².